The Morgan fingerprint density at radius 1 is 1.47 bits per heavy atom. The van der Waals surface area contributed by atoms with E-state index in [-0.39, 0.29) is 10.6 Å². The normalized spacial score (nSPS) is 19.5. The van der Waals surface area contributed by atoms with Crippen LogP contribution in [-0.2, 0) is 0 Å². The Morgan fingerprint density at radius 3 is 2.95 bits per heavy atom. The molecule has 0 aromatic heterocycles. The average molecular weight is 263 g/mol. The Kier molecular flexibility index (Phi) is 4.37. The molecular formula is C14H21N3O2. The lowest BCUT2D eigenvalue weighted by atomic mass is 9.98. The van der Waals surface area contributed by atoms with E-state index in [0.29, 0.717) is 18.2 Å². The first-order valence-corrected chi connectivity index (χ1v) is 6.85. The molecule has 1 unspecified atom stereocenters. The Balaban J connectivity index is 2.28. The van der Waals surface area contributed by atoms with Crippen LogP contribution in [0, 0.1) is 17.0 Å². The van der Waals surface area contributed by atoms with E-state index in [1.807, 2.05) is 12.1 Å². The largest absolute Gasteiger partial charge is 0.368 e. The average Bonchev–Trinajstić information content (AvgIpc) is 2.40. The molecule has 0 saturated carbocycles. The number of aryl methyl sites for hydroxylation is 1. The summed E-state index contributed by atoms with van der Waals surface area (Å²) in [5.41, 5.74) is 7.53. The van der Waals surface area contributed by atoms with Crippen molar-refractivity contribution >= 4 is 11.4 Å². The van der Waals surface area contributed by atoms with Gasteiger partial charge < -0.3 is 10.6 Å². The molecule has 1 heterocycles. The fourth-order valence-electron chi connectivity index (χ4n) is 2.81. The number of nitrogens with zero attached hydrogens (tertiary/aromatic N) is 2. The van der Waals surface area contributed by atoms with Gasteiger partial charge in [-0.25, -0.2) is 0 Å². The lowest BCUT2D eigenvalue weighted by Gasteiger charge is -2.37. The summed E-state index contributed by atoms with van der Waals surface area (Å²) in [5, 5.41) is 11.0. The molecule has 1 aliphatic rings. The van der Waals surface area contributed by atoms with Crippen molar-refractivity contribution in [3.8, 4) is 0 Å². The van der Waals surface area contributed by atoms with Crippen LogP contribution >= 0.6 is 0 Å². The zero-order chi connectivity index (χ0) is 13.8. The van der Waals surface area contributed by atoms with Gasteiger partial charge in [0.25, 0.3) is 5.69 Å². The van der Waals surface area contributed by atoms with E-state index in [4.69, 9.17) is 5.73 Å². The van der Waals surface area contributed by atoms with E-state index in [1.165, 1.54) is 6.42 Å². The molecule has 1 fully saturated rings. The SMILES string of the molecule is Cc1ccc(N2CCCCC2CCN)cc1[N+](=O)[O-]. The summed E-state index contributed by atoms with van der Waals surface area (Å²) in [5.74, 6) is 0. The molecule has 0 amide bonds. The van der Waals surface area contributed by atoms with Gasteiger partial charge in [-0.15, -0.1) is 0 Å². The van der Waals surface area contributed by atoms with Crippen LogP contribution in [0.15, 0.2) is 18.2 Å². The minimum Gasteiger partial charge on any atom is -0.368 e. The lowest BCUT2D eigenvalue weighted by Crippen LogP contribution is -2.40. The van der Waals surface area contributed by atoms with Crippen molar-refractivity contribution in [3.05, 3.63) is 33.9 Å². The highest BCUT2D eigenvalue weighted by Gasteiger charge is 2.23. The molecule has 5 heteroatoms. The maximum Gasteiger partial charge on any atom is 0.274 e. The Labute approximate surface area is 113 Å². The highest BCUT2D eigenvalue weighted by Crippen LogP contribution is 2.30. The number of nitro groups is 1. The van der Waals surface area contributed by atoms with Crippen molar-refractivity contribution in [1.29, 1.82) is 0 Å². The van der Waals surface area contributed by atoms with Gasteiger partial charge in [-0.3, -0.25) is 10.1 Å². The van der Waals surface area contributed by atoms with Gasteiger partial charge in [-0.2, -0.15) is 0 Å². The highest BCUT2D eigenvalue weighted by atomic mass is 16.6. The first kappa shape index (κ1) is 13.8. The summed E-state index contributed by atoms with van der Waals surface area (Å²) in [6.07, 6.45) is 4.43. The smallest absolute Gasteiger partial charge is 0.274 e. The molecule has 2 rings (SSSR count). The molecule has 104 valence electrons. The topological polar surface area (TPSA) is 72.4 Å². The monoisotopic (exact) mass is 263 g/mol. The number of hydrogen-bond donors (Lipinski definition) is 1. The second-order valence-corrected chi connectivity index (χ2v) is 5.15. The van der Waals surface area contributed by atoms with Crippen LogP contribution in [0.4, 0.5) is 11.4 Å². The summed E-state index contributed by atoms with van der Waals surface area (Å²) in [4.78, 5) is 13.0. The summed E-state index contributed by atoms with van der Waals surface area (Å²) in [6.45, 7) is 3.40. The molecular weight excluding hydrogens is 242 g/mol. The molecule has 1 aromatic carbocycles. The number of nitrogens with two attached hydrogens (primary N) is 1. The number of piperidine rings is 1. The molecule has 0 aliphatic carbocycles. The van der Waals surface area contributed by atoms with Gasteiger partial charge in [0.1, 0.15) is 0 Å². The molecule has 1 aromatic rings. The van der Waals surface area contributed by atoms with Gasteiger partial charge in [0.2, 0.25) is 0 Å². The Hall–Kier alpha value is -1.62. The van der Waals surface area contributed by atoms with E-state index in [9.17, 15) is 10.1 Å². The highest BCUT2D eigenvalue weighted by molar-refractivity contribution is 5.57. The molecule has 0 spiro atoms. The summed E-state index contributed by atoms with van der Waals surface area (Å²) in [6, 6.07) is 5.93. The Morgan fingerprint density at radius 2 is 2.26 bits per heavy atom. The van der Waals surface area contributed by atoms with Crippen molar-refractivity contribution in [2.24, 2.45) is 5.73 Å². The van der Waals surface area contributed by atoms with E-state index in [0.717, 1.165) is 31.5 Å². The number of benzene rings is 1. The molecule has 0 bridgehead atoms. The zero-order valence-corrected chi connectivity index (χ0v) is 11.3. The third-order valence-electron chi connectivity index (χ3n) is 3.85. The minimum absolute atomic E-state index is 0.203. The first-order chi connectivity index (χ1) is 9.13. The van der Waals surface area contributed by atoms with Crippen LogP contribution in [-0.4, -0.2) is 24.1 Å². The predicted molar refractivity (Wildman–Crippen MR) is 76.5 cm³/mol. The molecule has 0 radical (unpaired) electrons. The van der Waals surface area contributed by atoms with Gasteiger partial charge in [0.15, 0.2) is 0 Å². The summed E-state index contributed by atoms with van der Waals surface area (Å²) in [7, 11) is 0. The fourth-order valence-corrected chi connectivity index (χ4v) is 2.81. The van der Waals surface area contributed by atoms with Gasteiger partial charge in [-0.1, -0.05) is 6.07 Å². The third kappa shape index (κ3) is 3.04. The number of hydrogen-bond acceptors (Lipinski definition) is 4. The molecule has 1 atom stereocenters. The van der Waals surface area contributed by atoms with Crippen molar-refractivity contribution in [1.82, 2.24) is 0 Å². The third-order valence-corrected chi connectivity index (χ3v) is 3.85. The van der Waals surface area contributed by atoms with Gasteiger partial charge in [-0.05, 0) is 45.2 Å². The minimum atomic E-state index is -0.305. The Bertz CT molecular complexity index is 460. The first-order valence-electron chi connectivity index (χ1n) is 6.85. The molecule has 2 N–H and O–H groups in total. The van der Waals surface area contributed by atoms with Gasteiger partial charge >= 0.3 is 0 Å². The van der Waals surface area contributed by atoms with Crippen molar-refractivity contribution in [3.63, 3.8) is 0 Å². The van der Waals surface area contributed by atoms with E-state index in [2.05, 4.69) is 4.90 Å². The molecule has 5 nitrogen and oxygen atoms in total. The standard InChI is InChI=1S/C14H21N3O2/c1-11-5-6-13(10-14(11)17(18)19)16-9-3-2-4-12(16)7-8-15/h5-6,10,12H,2-4,7-9,15H2,1H3. The molecule has 19 heavy (non-hydrogen) atoms. The van der Waals surface area contributed by atoms with E-state index >= 15 is 0 Å². The van der Waals surface area contributed by atoms with E-state index < -0.39 is 0 Å². The van der Waals surface area contributed by atoms with E-state index in [1.54, 1.807) is 13.0 Å². The second-order valence-electron chi connectivity index (χ2n) is 5.15. The number of nitro benzene ring substituents is 1. The van der Waals surface area contributed by atoms with Crippen LogP contribution in [0.25, 0.3) is 0 Å². The van der Waals surface area contributed by atoms with Crippen LogP contribution in [0.3, 0.4) is 0 Å². The van der Waals surface area contributed by atoms with Gasteiger partial charge in [0.05, 0.1) is 4.92 Å². The van der Waals surface area contributed by atoms with Crippen LogP contribution in [0.1, 0.15) is 31.2 Å². The lowest BCUT2D eigenvalue weighted by molar-refractivity contribution is -0.385. The van der Waals surface area contributed by atoms with Crippen molar-refractivity contribution in [2.45, 2.75) is 38.6 Å². The number of anilines is 1. The van der Waals surface area contributed by atoms with Crippen molar-refractivity contribution in [2.75, 3.05) is 18.0 Å². The predicted octanol–water partition coefficient (Wildman–Crippen LogP) is 2.61. The second kappa shape index (κ2) is 6.02. The summed E-state index contributed by atoms with van der Waals surface area (Å²) < 4.78 is 0. The van der Waals surface area contributed by atoms with Crippen LogP contribution in [0.5, 0.6) is 0 Å². The van der Waals surface area contributed by atoms with Crippen LogP contribution < -0.4 is 10.6 Å². The molecule has 1 aliphatic heterocycles. The summed E-state index contributed by atoms with van der Waals surface area (Å²) >= 11 is 0. The fraction of sp³-hybridized carbons (Fsp3) is 0.571. The maximum atomic E-state index is 11.0. The maximum absolute atomic E-state index is 11.0. The number of rotatable bonds is 4. The van der Waals surface area contributed by atoms with Gasteiger partial charge in [0, 0.05) is 29.9 Å². The van der Waals surface area contributed by atoms with Crippen molar-refractivity contribution < 1.29 is 4.92 Å². The quantitative estimate of drug-likeness (QED) is 0.669. The zero-order valence-electron chi connectivity index (χ0n) is 11.3. The van der Waals surface area contributed by atoms with Crippen LogP contribution in [0.2, 0.25) is 0 Å². The molecule has 1 saturated heterocycles.